The Morgan fingerprint density at radius 1 is 1.00 bits per heavy atom. The Balaban J connectivity index is 1.44. The van der Waals surface area contributed by atoms with Crippen LogP contribution in [0.1, 0.15) is 21.7 Å². The molecule has 0 radical (unpaired) electrons. The second kappa shape index (κ2) is 6.53. The van der Waals surface area contributed by atoms with E-state index in [9.17, 15) is 9.59 Å². The van der Waals surface area contributed by atoms with Crippen LogP contribution < -0.4 is 5.32 Å². The molecule has 6 heteroatoms. The summed E-state index contributed by atoms with van der Waals surface area (Å²) in [7, 11) is 0. The van der Waals surface area contributed by atoms with Gasteiger partial charge in [0, 0.05) is 39.1 Å². The van der Waals surface area contributed by atoms with Crippen molar-refractivity contribution in [3.05, 3.63) is 59.5 Å². The first-order valence-electron chi connectivity index (χ1n) is 9.61. The summed E-state index contributed by atoms with van der Waals surface area (Å²) >= 11 is 0. The van der Waals surface area contributed by atoms with Gasteiger partial charge >= 0.3 is 0 Å². The largest absolute Gasteiger partial charge is 0.459 e. The van der Waals surface area contributed by atoms with E-state index < -0.39 is 6.04 Å². The van der Waals surface area contributed by atoms with Crippen molar-refractivity contribution in [2.75, 3.05) is 26.2 Å². The molecule has 5 rings (SSSR count). The van der Waals surface area contributed by atoms with E-state index in [2.05, 4.69) is 11.4 Å². The van der Waals surface area contributed by atoms with Gasteiger partial charge in [0.2, 0.25) is 5.91 Å². The molecule has 1 N–H and O–H groups in total. The Morgan fingerprint density at radius 2 is 1.74 bits per heavy atom. The summed E-state index contributed by atoms with van der Waals surface area (Å²) in [5.41, 5.74) is 2.25. The summed E-state index contributed by atoms with van der Waals surface area (Å²) in [6.45, 7) is 3.98. The zero-order valence-electron chi connectivity index (χ0n) is 15.1. The highest BCUT2D eigenvalue weighted by molar-refractivity contribution is 5.96. The molecule has 3 aliphatic rings. The van der Waals surface area contributed by atoms with Crippen molar-refractivity contribution in [2.24, 2.45) is 11.8 Å². The molecule has 3 atom stereocenters. The fourth-order valence-electron chi connectivity index (χ4n) is 4.74. The summed E-state index contributed by atoms with van der Waals surface area (Å²) < 4.78 is 5.33. The summed E-state index contributed by atoms with van der Waals surface area (Å²) in [4.78, 5) is 30.1. The highest BCUT2D eigenvalue weighted by Crippen LogP contribution is 2.30. The number of likely N-dealkylation sites (tertiary alicyclic amines) is 1. The predicted octanol–water partition coefficient (Wildman–Crippen LogP) is 1.52. The zero-order valence-corrected chi connectivity index (χ0v) is 15.1. The van der Waals surface area contributed by atoms with Gasteiger partial charge in [0.15, 0.2) is 5.76 Å². The highest BCUT2D eigenvalue weighted by atomic mass is 16.3. The summed E-state index contributed by atoms with van der Waals surface area (Å²) in [6, 6.07) is 11.0. The molecule has 0 aliphatic carbocycles. The van der Waals surface area contributed by atoms with Gasteiger partial charge < -0.3 is 19.5 Å². The van der Waals surface area contributed by atoms with Crippen molar-refractivity contribution >= 4 is 11.8 Å². The van der Waals surface area contributed by atoms with Crippen LogP contribution in [0.25, 0.3) is 0 Å². The molecule has 2 aromatic rings. The first-order chi connectivity index (χ1) is 13.2. The lowest BCUT2D eigenvalue weighted by molar-refractivity contribution is -0.136. The van der Waals surface area contributed by atoms with E-state index in [1.807, 2.05) is 23.1 Å². The van der Waals surface area contributed by atoms with E-state index in [0.717, 1.165) is 37.3 Å². The third-order valence-electron chi connectivity index (χ3n) is 6.23. The monoisotopic (exact) mass is 365 g/mol. The van der Waals surface area contributed by atoms with Crippen molar-refractivity contribution in [3.8, 4) is 0 Å². The molecular formula is C21H23N3O3. The van der Waals surface area contributed by atoms with E-state index in [1.54, 1.807) is 17.0 Å². The van der Waals surface area contributed by atoms with Gasteiger partial charge in [0.05, 0.1) is 6.26 Å². The molecule has 0 saturated carbocycles. The molecule has 1 aromatic heterocycles. The van der Waals surface area contributed by atoms with Crippen molar-refractivity contribution in [3.63, 3.8) is 0 Å². The van der Waals surface area contributed by atoms with Crippen LogP contribution in [-0.2, 0) is 17.8 Å². The average Bonchev–Trinajstić information content (AvgIpc) is 3.42. The second-order valence-electron chi connectivity index (χ2n) is 7.82. The van der Waals surface area contributed by atoms with Gasteiger partial charge in [-0.15, -0.1) is 0 Å². The molecule has 4 heterocycles. The lowest BCUT2D eigenvalue weighted by Crippen LogP contribution is -2.53. The molecule has 6 nitrogen and oxygen atoms in total. The molecular weight excluding hydrogens is 342 g/mol. The molecule has 2 saturated heterocycles. The van der Waals surface area contributed by atoms with Crippen LogP contribution in [0.5, 0.6) is 0 Å². The number of amides is 2. The standard InChI is InChI=1S/C21H23N3O3/c25-20(23-11-16-9-22-10-17(16)12-23)18-8-14-4-1-2-5-15(14)13-24(18)21(26)19-6-3-7-27-19/h1-7,16-18,22H,8-13H2/t16-,17+,18?. The van der Waals surface area contributed by atoms with E-state index in [0.29, 0.717) is 24.8 Å². The molecule has 2 amide bonds. The van der Waals surface area contributed by atoms with E-state index >= 15 is 0 Å². The first-order valence-corrected chi connectivity index (χ1v) is 9.61. The molecule has 0 bridgehead atoms. The number of benzene rings is 1. The van der Waals surface area contributed by atoms with Crippen LogP contribution in [0.2, 0.25) is 0 Å². The number of furan rings is 1. The van der Waals surface area contributed by atoms with E-state index in [1.165, 1.54) is 6.26 Å². The van der Waals surface area contributed by atoms with Crippen LogP contribution in [-0.4, -0.2) is 53.8 Å². The Hall–Kier alpha value is -2.60. The van der Waals surface area contributed by atoms with Crippen molar-refractivity contribution < 1.29 is 14.0 Å². The van der Waals surface area contributed by atoms with Gasteiger partial charge in [-0.25, -0.2) is 0 Å². The maximum absolute atomic E-state index is 13.4. The minimum Gasteiger partial charge on any atom is -0.459 e. The molecule has 1 unspecified atom stereocenters. The molecule has 3 aliphatic heterocycles. The number of rotatable bonds is 2. The summed E-state index contributed by atoms with van der Waals surface area (Å²) in [5, 5.41) is 3.41. The number of carbonyl (C=O) groups is 2. The lowest BCUT2D eigenvalue weighted by Gasteiger charge is -2.37. The third-order valence-corrected chi connectivity index (χ3v) is 6.23. The number of nitrogens with one attached hydrogen (secondary N) is 1. The van der Waals surface area contributed by atoms with Gasteiger partial charge in [-0.05, 0) is 35.1 Å². The van der Waals surface area contributed by atoms with Crippen LogP contribution >= 0.6 is 0 Å². The quantitative estimate of drug-likeness (QED) is 0.877. The Labute approximate surface area is 158 Å². The molecule has 0 spiro atoms. The van der Waals surface area contributed by atoms with Gasteiger partial charge in [-0.1, -0.05) is 24.3 Å². The first kappa shape index (κ1) is 16.6. The van der Waals surface area contributed by atoms with Crippen LogP contribution in [0, 0.1) is 11.8 Å². The Morgan fingerprint density at radius 3 is 2.44 bits per heavy atom. The number of fused-ring (bicyclic) bond motifs is 2. The average molecular weight is 365 g/mol. The topological polar surface area (TPSA) is 65.8 Å². The Kier molecular flexibility index (Phi) is 4.01. The van der Waals surface area contributed by atoms with Crippen molar-refractivity contribution in [2.45, 2.75) is 19.0 Å². The number of nitrogens with zero attached hydrogens (tertiary/aromatic N) is 2. The third kappa shape index (κ3) is 2.84. The van der Waals surface area contributed by atoms with Gasteiger partial charge in [-0.3, -0.25) is 9.59 Å². The minimum atomic E-state index is -0.468. The van der Waals surface area contributed by atoms with E-state index in [-0.39, 0.29) is 17.6 Å². The predicted molar refractivity (Wildman–Crippen MR) is 98.9 cm³/mol. The number of hydrogen-bond donors (Lipinski definition) is 1. The smallest absolute Gasteiger partial charge is 0.290 e. The highest BCUT2D eigenvalue weighted by Gasteiger charge is 2.43. The van der Waals surface area contributed by atoms with E-state index in [4.69, 9.17) is 4.42 Å². The fourth-order valence-corrected chi connectivity index (χ4v) is 4.74. The normalized spacial score (nSPS) is 26.7. The van der Waals surface area contributed by atoms with Crippen LogP contribution in [0.15, 0.2) is 47.1 Å². The lowest BCUT2D eigenvalue weighted by atomic mass is 9.93. The molecule has 27 heavy (non-hydrogen) atoms. The SMILES string of the molecule is O=C(C1Cc2ccccc2CN1C(=O)c1ccco1)N1C[C@H]2CNC[C@H]2C1. The van der Waals surface area contributed by atoms with Gasteiger partial charge in [0.1, 0.15) is 6.04 Å². The van der Waals surface area contributed by atoms with Crippen LogP contribution in [0.4, 0.5) is 0 Å². The summed E-state index contributed by atoms with van der Waals surface area (Å²) in [6.07, 6.45) is 2.06. The maximum atomic E-state index is 13.4. The van der Waals surface area contributed by atoms with Gasteiger partial charge in [-0.2, -0.15) is 0 Å². The Bertz CT molecular complexity index is 851. The number of hydrogen-bond acceptors (Lipinski definition) is 4. The number of carbonyl (C=O) groups excluding carboxylic acids is 2. The van der Waals surface area contributed by atoms with Gasteiger partial charge in [0.25, 0.3) is 5.91 Å². The van der Waals surface area contributed by atoms with Crippen molar-refractivity contribution in [1.29, 1.82) is 0 Å². The van der Waals surface area contributed by atoms with Crippen LogP contribution in [0.3, 0.4) is 0 Å². The second-order valence-corrected chi connectivity index (χ2v) is 7.82. The maximum Gasteiger partial charge on any atom is 0.290 e. The fraction of sp³-hybridized carbons (Fsp3) is 0.429. The molecule has 1 aromatic carbocycles. The summed E-state index contributed by atoms with van der Waals surface area (Å²) in [5.74, 6) is 1.22. The minimum absolute atomic E-state index is 0.0683. The zero-order chi connectivity index (χ0) is 18.4. The van der Waals surface area contributed by atoms with Crippen molar-refractivity contribution in [1.82, 2.24) is 15.1 Å². The molecule has 140 valence electrons. The molecule has 2 fully saturated rings.